The third-order valence-electron chi connectivity index (χ3n) is 2.79. The van der Waals surface area contributed by atoms with Crippen LogP contribution in [0.25, 0.3) is 0 Å². The zero-order chi connectivity index (χ0) is 13.8. The minimum atomic E-state index is -0.981. The van der Waals surface area contributed by atoms with Crippen molar-refractivity contribution in [2.45, 2.75) is 13.5 Å². The highest BCUT2D eigenvalue weighted by Gasteiger charge is 2.05. The van der Waals surface area contributed by atoms with Crippen LogP contribution >= 0.6 is 0 Å². The zero-order valence-corrected chi connectivity index (χ0v) is 10.5. The Kier molecular flexibility index (Phi) is 3.80. The lowest BCUT2D eigenvalue weighted by atomic mass is 10.1. The third-order valence-corrected chi connectivity index (χ3v) is 2.79. The quantitative estimate of drug-likeness (QED) is 0.884. The molecule has 0 saturated carbocycles. The van der Waals surface area contributed by atoms with Gasteiger partial charge in [-0.05, 0) is 31.2 Å². The van der Waals surface area contributed by atoms with E-state index >= 15 is 0 Å². The first-order chi connectivity index (χ1) is 9.06. The molecule has 0 unspecified atom stereocenters. The highest BCUT2D eigenvalue weighted by atomic mass is 19.1. The van der Waals surface area contributed by atoms with E-state index in [1.54, 1.807) is 24.3 Å². The summed E-state index contributed by atoms with van der Waals surface area (Å²) < 4.78 is 13.5. The topological polar surface area (TPSA) is 49.3 Å². The second kappa shape index (κ2) is 5.52. The van der Waals surface area contributed by atoms with Gasteiger partial charge < -0.3 is 10.4 Å². The van der Waals surface area contributed by atoms with Gasteiger partial charge in [0.15, 0.2) is 0 Å². The van der Waals surface area contributed by atoms with Crippen molar-refractivity contribution in [3.8, 4) is 0 Å². The van der Waals surface area contributed by atoms with Crippen LogP contribution in [0, 0.1) is 12.7 Å². The molecule has 3 nitrogen and oxygen atoms in total. The standard InChI is InChI=1S/C15H14FNO2/c1-10-5-6-14(16)12(7-10)9-17-13-4-2-3-11(8-13)15(18)19/h2-8,17H,9H2,1H3,(H,18,19). The number of halogens is 1. The lowest BCUT2D eigenvalue weighted by Gasteiger charge is -2.09. The van der Waals surface area contributed by atoms with Crippen molar-refractivity contribution in [1.82, 2.24) is 0 Å². The molecule has 0 aliphatic carbocycles. The highest BCUT2D eigenvalue weighted by Crippen LogP contribution is 2.15. The fourth-order valence-corrected chi connectivity index (χ4v) is 1.80. The molecule has 0 bridgehead atoms. The molecular formula is C15H14FNO2. The number of carboxylic acid groups (broad SMARTS) is 1. The lowest BCUT2D eigenvalue weighted by Crippen LogP contribution is -2.03. The van der Waals surface area contributed by atoms with Crippen LogP contribution in [0.5, 0.6) is 0 Å². The predicted octanol–water partition coefficient (Wildman–Crippen LogP) is 3.44. The third kappa shape index (κ3) is 3.31. The first-order valence-electron chi connectivity index (χ1n) is 5.88. The molecule has 0 radical (unpaired) electrons. The number of carbonyl (C=O) groups is 1. The van der Waals surface area contributed by atoms with Crippen LogP contribution in [-0.4, -0.2) is 11.1 Å². The van der Waals surface area contributed by atoms with Gasteiger partial charge in [0.25, 0.3) is 0 Å². The lowest BCUT2D eigenvalue weighted by molar-refractivity contribution is 0.0697. The smallest absolute Gasteiger partial charge is 0.335 e. The van der Waals surface area contributed by atoms with Gasteiger partial charge >= 0.3 is 5.97 Å². The van der Waals surface area contributed by atoms with Crippen molar-refractivity contribution in [1.29, 1.82) is 0 Å². The number of carboxylic acids is 1. The Bertz CT molecular complexity index is 611. The second-order valence-electron chi connectivity index (χ2n) is 4.33. The van der Waals surface area contributed by atoms with E-state index in [1.165, 1.54) is 18.2 Å². The molecule has 0 atom stereocenters. The number of rotatable bonds is 4. The van der Waals surface area contributed by atoms with Crippen LogP contribution in [0.3, 0.4) is 0 Å². The summed E-state index contributed by atoms with van der Waals surface area (Å²) in [5, 5.41) is 11.9. The number of hydrogen-bond donors (Lipinski definition) is 2. The minimum absolute atomic E-state index is 0.203. The monoisotopic (exact) mass is 259 g/mol. The molecule has 4 heteroatoms. The molecule has 19 heavy (non-hydrogen) atoms. The van der Waals surface area contributed by atoms with E-state index in [1.807, 2.05) is 6.92 Å². The molecule has 0 aliphatic heterocycles. The van der Waals surface area contributed by atoms with E-state index in [0.717, 1.165) is 5.56 Å². The average molecular weight is 259 g/mol. The maximum Gasteiger partial charge on any atom is 0.335 e. The van der Waals surface area contributed by atoms with Crippen LogP contribution in [0.1, 0.15) is 21.5 Å². The molecule has 98 valence electrons. The van der Waals surface area contributed by atoms with Gasteiger partial charge in [-0.3, -0.25) is 0 Å². The summed E-state index contributed by atoms with van der Waals surface area (Å²) >= 11 is 0. The van der Waals surface area contributed by atoms with Crippen molar-refractivity contribution in [2.24, 2.45) is 0 Å². The molecule has 0 heterocycles. The number of aryl methyl sites for hydroxylation is 1. The van der Waals surface area contributed by atoms with Crippen molar-refractivity contribution >= 4 is 11.7 Å². The van der Waals surface area contributed by atoms with E-state index in [-0.39, 0.29) is 11.4 Å². The number of hydrogen-bond acceptors (Lipinski definition) is 2. The van der Waals surface area contributed by atoms with Gasteiger partial charge in [-0.15, -0.1) is 0 Å². The second-order valence-corrected chi connectivity index (χ2v) is 4.33. The summed E-state index contributed by atoms with van der Waals surface area (Å²) in [6, 6.07) is 11.3. The Hall–Kier alpha value is -2.36. The van der Waals surface area contributed by atoms with Gasteiger partial charge in [-0.2, -0.15) is 0 Å². The van der Waals surface area contributed by atoms with Crippen molar-refractivity contribution in [3.63, 3.8) is 0 Å². The van der Waals surface area contributed by atoms with Crippen LogP contribution in [-0.2, 0) is 6.54 Å². The molecular weight excluding hydrogens is 245 g/mol. The Morgan fingerprint density at radius 1 is 1.26 bits per heavy atom. The minimum Gasteiger partial charge on any atom is -0.478 e. The Balaban J connectivity index is 2.12. The summed E-state index contributed by atoms with van der Waals surface area (Å²) in [7, 11) is 0. The van der Waals surface area contributed by atoms with E-state index in [4.69, 9.17) is 5.11 Å². The normalized spacial score (nSPS) is 10.2. The van der Waals surface area contributed by atoms with Crippen molar-refractivity contribution in [2.75, 3.05) is 5.32 Å². The van der Waals surface area contributed by atoms with Crippen molar-refractivity contribution < 1.29 is 14.3 Å². The summed E-state index contributed by atoms with van der Waals surface area (Å²) in [4.78, 5) is 10.8. The van der Waals surface area contributed by atoms with Gasteiger partial charge in [-0.25, -0.2) is 9.18 Å². The Labute approximate surface area is 110 Å². The first kappa shape index (κ1) is 13.1. The molecule has 0 amide bonds. The summed E-state index contributed by atoms with van der Waals surface area (Å²) in [6.07, 6.45) is 0. The molecule has 0 aromatic heterocycles. The van der Waals surface area contributed by atoms with E-state index in [9.17, 15) is 9.18 Å². The van der Waals surface area contributed by atoms with Crippen LogP contribution in [0.15, 0.2) is 42.5 Å². The first-order valence-corrected chi connectivity index (χ1v) is 5.88. The van der Waals surface area contributed by atoms with Crippen LogP contribution in [0.4, 0.5) is 10.1 Å². The fraction of sp³-hybridized carbons (Fsp3) is 0.133. The molecule has 2 aromatic carbocycles. The Morgan fingerprint density at radius 2 is 2.05 bits per heavy atom. The largest absolute Gasteiger partial charge is 0.478 e. The van der Waals surface area contributed by atoms with E-state index < -0.39 is 5.97 Å². The zero-order valence-electron chi connectivity index (χ0n) is 10.5. The van der Waals surface area contributed by atoms with Gasteiger partial charge in [0.2, 0.25) is 0 Å². The van der Waals surface area contributed by atoms with E-state index in [2.05, 4.69) is 5.32 Å². The van der Waals surface area contributed by atoms with Gasteiger partial charge in [0.1, 0.15) is 5.82 Å². The number of anilines is 1. The summed E-state index contributed by atoms with van der Waals surface area (Å²) in [6.45, 7) is 2.21. The molecule has 0 spiro atoms. The van der Waals surface area contributed by atoms with Gasteiger partial charge in [0, 0.05) is 17.8 Å². The Morgan fingerprint density at radius 3 is 2.79 bits per heavy atom. The molecule has 2 N–H and O–H groups in total. The highest BCUT2D eigenvalue weighted by molar-refractivity contribution is 5.88. The predicted molar refractivity (Wildman–Crippen MR) is 71.9 cm³/mol. The molecule has 0 aliphatic rings. The van der Waals surface area contributed by atoms with Gasteiger partial charge in [0.05, 0.1) is 5.56 Å². The van der Waals surface area contributed by atoms with Gasteiger partial charge in [-0.1, -0.05) is 23.8 Å². The number of aromatic carboxylic acids is 1. The molecule has 2 rings (SSSR count). The maximum absolute atomic E-state index is 13.5. The average Bonchev–Trinajstić information content (AvgIpc) is 2.40. The summed E-state index contributed by atoms with van der Waals surface area (Å²) in [5.74, 6) is -1.25. The number of nitrogens with one attached hydrogen (secondary N) is 1. The SMILES string of the molecule is Cc1ccc(F)c(CNc2cccc(C(=O)O)c2)c1. The molecule has 0 saturated heterocycles. The van der Waals surface area contributed by atoms with Crippen LogP contribution < -0.4 is 5.32 Å². The summed E-state index contributed by atoms with van der Waals surface area (Å²) in [5.41, 5.74) is 2.40. The van der Waals surface area contributed by atoms with Crippen LogP contribution in [0.2, 0.25) is 0 Å². The van der Waals surface area contributed by atoms with Crippen molar-refractivity contribution in [3.05, 3.63) is 65.0 Å². The molecule has 0 fully saturated rings. The number of benzene rings is 2. The molecule has 2 aromatic rings. The fourth-order valence-electron chi connectivity index (χ4n) is 1.80. The van der Waals surface area contributed by atoms with E-state index in [0.29, 0.717) is 17.8 Å². The maximum atomic E-state index is 13.5.